The Hall–Kier alpha value is -3.22. The van der Waals surface area contributed by atoms with Gasteiger partial charge in [0.15, 0.2) is 11.5 Å². The van der Waals surface area contributed by atoms with Crippen molar-refractivity contribution < 1.29 is 14.3 Å². The Balaban J connectivity index is 1.26. The van der Waals surface area contributed by atoms with Crippen molar-refractivity contribution in [1.29, 1.82) is 0 Å². The molecule has 1 aliphatic heterocycles. The monoisotopic (exact) mass is 450 g/mol. The molecule has 1 aromatic heterocycles. The molecule has 2 heterocycles. The Kier molecular flexibility index (Phi) is 7.37. The summed E-state index contributed by atoms with van der Waals surface area (Å²) < 4.78 is 11.3. The van der Waals surface area contributed by atoms with Crippen molar-refractivity contribution in [3.05, 3.63) is 47.5 Å². The van der Waals surface area contributed by atoms with Crippen LogP contribution in [0.4, 0.5) is 5.95 Å². The van der Waals surface area contributed by atoms with Gasteiger partial charge in [-0.15, -0.1) is 0 Å². The average molecular weight is 451 g/mol. The molecule has 1 fully saturated rings. The minimum atomic E-state index is 0.0483. The third kappa shape index (κ3) is 5.59. The van der Waals surface area contributed by atoms with Crippen molar-refractivity contribution in [1.82, 2.24) is 15.3 Å². The van der Waals surface area contributed by atoms with Gasteiger partial charge in [-0.3, -0.25) is 4.79 Å². The van der Waals surface area contributed by atoms with E-state index < -0.39 is 0 Å². The first kappa shape index (κ1) is 23.0. The number of H-pyrrole nitrogens is 1. The standard InChI is InChI=1S/C26H34N4O3/c1-4-32-23-9-7-19(17-24(23)33-5-2)10-13-27-25(31)20-11-14-30(15-12-20)26-28-21-8-6-18(3)16-22(21)29-26/h6-9,16-17,20H,4-5,10-15H2,1-3H3,(H,27,31)(H,28,29). The molecule has 0 saturated carbocycles. The van der Waals surface area contributed by atoms with E-state index in [4.69, 9.17) is 14.5 Å². The third-order valence-corrected chi connectivity index (χ3v) is 6.11. The zero-order chi connectivity index (χ0) is 23.2. The van der Waals surface area contributed by atoms with Crippen LogP contribution in [0.2, 0.25) is 0 Å². The SMILES string of the molecule is CCOc1ccc(CCNC(=O)C2CCN(c3nc4ccc(C)cc4[nH]3)CC2)cc1OCC. The molecule has 2 aromatic carbocycles. The highest BCUT2D eigenvalue weighted by atomic mass is 16.5. The van der Waals surface area contributed by atoms with Crippen LogP contribution in [-0.2, 0) is 11.2 Å². The number of amides is 1. The topological polar surface area (TPSA) is 79.5 Å². The van der Waals surface area contributed by atoms with Gasteiger partial charge in [0.25, 0.3) is 0 Å². The molecule has 1 saturated heterocycles. The van der Waals surface area contributed by atoms with E-state index in [0.717, 1.165) is 66.4 Å². The van der Waals surface area contributed by atoms with Gasteiger partial charge in [0.1, 0.15) is 0 Å². The predicted octanol–water partition coefficient (Wildman–Crippen LogP) is 4.24. The summed E-state index contributed by atoms with van der Waals surface area (Å²) in [5.74, 6) is 2.61. The Bertz CT molecular complexity index is 1090. The van der Waals surface area contributed by atoms with E-state index in [1.807, 2.05) is 38.1 Å². The summed E-state index contributed by atoms with van der Waals surface area (Å²) in [5.41, 5.74) is 4.38. The lowest BCUT2D eigenvalue weighted by atomic mass is 9.96. The van der Waals surface area contributed by atoms with Crippen molar-refractivity contribution in [2.45, 2.75) is 40.0 Å². The van der Waals surface area contributed by atoms with Gasteiger partial charge >= 0.3 is 0 Å². The number of piperidine rings is 1. The molecule has 1 amide bonds. The number of anilines is 1. The summed E-state index contributed by atoms with van der Waals surface area (Å²) in [4.78, 5) is 23.1. The summed E-state index contributed by atoms with van der Waals surface area (Å²) in [6.45, 7) is 9.46. The zero-order valence-electron chi connectivity index (χ0n) is 19.8. The number of hydrogen-bond donors (Lipinski definition) is 2. The van der Waals surface area contributed by atoms with Crippen LogP contribution in [0.15, 0.2) is 36.4 Å². The Morgan fingerprint density at radius 3 is 2.61 bits per heavy atom. The molecule has 0 atom stereocenters. The van der Waals surface area contributed by atoms with Gasteiger partial charge in [0, 0.05) is 25.6 Å². The number of aromatic amines is 1. The van der Waals surface area contributed by atoms with Gasteiger partial charge in [0.2, 0.25) is 11.9 Å². The normalized spacial score (nSPS) is 14.5. The highest BCUT2D eigenvalue weighted by Crippen LogP contribution is 2.29. The first-order valence-electron chi connectivity index (χ1n) is 11.9. The van der Waals surface area contributed by atoms with E-state index in [9.17, 15) is 4.79 Å². The number of hydrogen-bond acceptors (Lipinski definition) is 5. The van der Waals surface area contributed by atoms with Gasteiger partial charge in [-0.05, 0) is 75.4 Å². The molecule has 0 unspecified atom stereocenters. The van der Waals surface area contributed by atoms with Gasteiger partial charge in [0.05, 0.1) is 24.2 Å². The molecule has 0 radical (unpaired) electrons. The second kappa shape index (κ2) is 10.6. The summed E-state index contributed by atoms with van der Waals surface area (Å²) in [7, 11) is 0. The number of benzene rings is 2. The van der Waals surface area contributed by atoms with Crippen LogP contribution in [0, 0.1) is 12.8 Å². The average Bonchev–Trinajstić information content (AvgIpc) is 3.24. The predicted molar refractivity (Wildman–Crippen MR) is 131 cm³/mol. The number of ether oxygens (including phenoxy) is 2. The maximum absolute atomic E-state index is 12.7. The lowest BCUT2D eigenvalue weighted by molar-refractivity contribution is -0.125. The molecule has 1 aliphatic rings. The fourth-order valence-electron chi connectivity index (χ4n) is 4.34. The largest absolute Gasteiger partial charge is 0.490 e. The molecule has 7 nitrogen and oxygen atoms in total. The molecule has 0 aliphatic carbocycles. The maximum Gasteiger partial charge on any atom is 0.223 e. The molecule has 176 valence electrons. The number of aromatic nitrogens is 2. The molecule has 7 heteroatoms. The fourth-order valence-corrected chi connectivity index (χ4v) is 4.34. The first-order valence-corrected chi connectivity index (χ1v) is 11.9. The number of fused-ring (bicyclic) bond motifs is 1. The number of imidazole rings is 1. The molecular formula is C26H34N4O3. The smallest absolute Gasteiger partial charge is 0.223 e. The van der Waals surface area contributed by atoms with Gasteiger partial charge in [-0.25, -0.2) is 4.98 Å². The number of rotatable bonds is 9. The number of nitrogens with zero attached hydrogens (tertiary/aromatic N) is 2. The third-order valence-electron chi connectivity index (χ3n) is 6.11. The Labute approximate surface area is 195 Å². The maximum atomic E-state index is 12.7. The van der Waals surface area contributed by atoms with E-state index in [2.05, 4.69) is 34.3 Å². The second-order valence-corrected chi connectivity index (χ2v) is 8.53. The number of carbonyl (C=O) groups excluding carboxylic acids is 1. The summed E-state index contributed by atoms with van der Waals surface area (Å²) in [6.07, 6.45) is 2.42. The van der Waals surface area contributed by atoms with E-state index in [-0.39, 0.29) is 11.8 Å². The highest BCUT2D eigenvalue weighted by Gasteiger charge is 2.26. The summed E-state index contributed by atoms with van der Waals surface area (Å²) >= 11 is 0. The van der Waals surface area contributed by atoms with E-state index >= 15 is 0 Å². The first-order chi connectivity index (χ1) is 16.1. The van der Waals surface area contributed by atoms with Crippen molar-refractivity contribution >= 4 is 22.9 Å². The minimum absolute atomic E-state index is 0.0483. The van der Waals surface area contributed by atoms with Gasteiger partial charge < -0.3 is 24.7 Å². The quantitative estimate of drug-likeness (QED) is 0.510. The number of aryl methyl sites for hydroxylation is 1. The van der Waals surface area contributed by atoms with E-state index in [1.54, 1.807) is 0 Å². The molecule has 4 rings (SSSR count). The number of nitrogens with one attached hydrogen (secondary N) is 2. The molecular weight excluding hydrogens is 416 g/mol. The van der Waals surface area contributed by atoms with Crippen LogP contribution in [0.3, 0.4) is 0 Å². The zero-order valence-corrected chi connectivity index (χ0v) is 19.8. The van der Waals surface area contributed by atoms with Gasteiger partial charge in [-0.2, -0.15) is 0 Å². The van der Waals surface area contributed by atoms with Crippen LogP contribution < -0.4 is 19.7 Å². The number of carbonyl (C=O) groups is 1. The van der Waals surface area contributed by atoms with Crippen molar-refractivity contribution in [2.24, 2.45) is 5.92 Å². The molecule has 2 N–H and O–H groups in total. The molecule has 0 spiro atoms. The van der Waals surface area contributed by atoms with Crippen molar-refractivity contribution in [3.8, 4) is 11.5 Å². The summed E-state index contributed by atoms with van der Waals surface area (Å²) in [5, 5.41) is 3.12. The van der Waals surface area contributed by atoms with Crippen molar-refractivity contribution in [3.63, 3.8) is 0 Å². The van der Waals surface area contributed by atoms with Crippen LogP contribution in [0.5, 0.6) is 11.5 Å². The Morgan fingerprint density at radius 2 is 1.85 bits per heavy atom. The van der Waals surface area contributed by atoms with Crippen LogP contribution >= 0.6 is 0 Å². The van der Waals surface area contributed by atoms with Crippen LogP contribution in [0.1, 0.15) is 37.8 Å². The molecule has 3 aromatic rings. The molecule has 33 heavy (non-hydrogen) atoms. The van der Waals surface area contributed by atoms with Crippen LogP contribution in [-0.4, -0.2) is 48.7 Å². The Morgan fingerprint density at radius 1 is 1.09 bits per heavy atom. The van der Waals surface area contributed by atoms with E-state index in [1.165, 1.54) is 5.56 Å². The fraction of sp³-hybridized carbons (Fsp3) is 0.462. The minimum Gasteiger partial charge on any atom is -0.490 e. The van der Waals surface area contributed by atoms with Crippen molar-refractivity contribution in [2.75, 3.05) is 37.7 Å². The lowest BCUT2D eigenvalue weighted by Crippen LogP contribution is -2.41. The second-order valence-electron chi connectivity index (χ2n) is 8.53. The van der Waals surface area contributed by atoms with E-state index in [0.29, 0.717) is 19.8 Å². The van der Waals surface area contributed by atoms with Gasteiger partial charge in [-0.1, -0.05) is 12.1 Å². The molecule has 0 bridgehead atoms. The lowest BCUT2D eigenvalue weighted by Gasteiger charge is -2.31. The summed E-state index contributed by atoms with van der Waals surface area (Å²) in [6, 6.07) is 12.2. The highest BCUT2D eigenvalue weighted by molar-refractivity contribution is 5.80. The van der Waals surface area contributed by atoms with Crippen LogP contribution in [0.25, 0.3) is 11.0 Å².